The van der Waals surface area contributed by atoms with E-state index in [1.165, 1.54) is 5.32 Å². The SMILES string of the molecule is FC1CC2C(Br)C1NC2(C(F)(F)F)C(F)(F)F. The van der Waals surface area contributed by atoms with Crippen LogP contribution in [0.5, 0.6) is 0 Å². The Bertz CT molecular complexity index is 311. The van der Waals surface area contributed by atoms with Crippen molar-refractivity contribution in [1.29, 1.82) is 0 Å². The van der Waals surface area contributed by atoms with E-state index in [0.29, 0.717) is 0 Å². The topological polar surface area (TPSA) is 12.0 Å². The van der Waals surface area contributed by atoms with Gasteiger partial charge in [-0.05, 0) is 6.42 Å². The number of rotatable bonds is 0. The van der Waals surface area contributed by atoms with Crippen LogP contribution in [0.1, 0.15) is 6.42 Å². The third kappa shape index (κ3) is 1.54. The van der Waals surface area contributed by atoms with Crippen molar-refractivity contribution >= 4 is 15.9 Å². The van der Waals surface area contributed by atoms with Crippen LogP contribution >= 0.6 is 15.9 Å². The van der Waals surface area contributed by atoms with E-state index in [1.54, 1.807) is 0 Å². The summed E-state index contributed by atoms with van der Waals surface area (Å²) in [5.41, 5.74) is -4.00. The molecule has 4 unspecified atom stereocenters. The van der Waals surface area contributed by atoms with Crippen molar-refractivity contribution in [2.75, 3.05) is 0 Å². The smallest absolute Gasteiger partial charge is 0.289 e. The van der Waals surface area contributed by atoms with Gasteiger partial charge in [0.1, 0.15) is 6.17 Å². The molecule has 0 radical (unpaired) electrons. The van der Waals surface area contributed by atoms with Crippen molar-refractivity contribution in [2.45, 2.75) is 41.4 Å². The molecule has 2 bridgehead atoms. The van der Waals surface area contributed by atoms with E-state index in [4.69, 9.17) is 0 Å². The molecule has 9 heteroatoms. The van der Waals surface area contributed by atoms with Crippen molar-refractivity contribution < 1.29 is 30.7 Å². The van der Waals surface area contributed by atoms with Crippen molar-refractivity contribution in [3.8, 4) is 0 Å². The number of alkyl halides is 8. The molecular weight excluding hydrogens is 323 g/mol. The molecule has 1 aliphatic heterocycles. The highest BCUT2D eigenvalue weighted by Gasteiger charge is 2.81. The fraction of sp³-hybridized carbons (Fsp3) is 1.00. The van der Waals surface area contributed by atoms with Crippen molar-refractivity contribution in [3.05, 3.63) is 0 Å². The van der Waals surface area contributed by atoms with Crippen molar-refractivity contribution in [3.63, 3.8) is 0 Å². The Hall–Kier alpha value is -0.0500. The Kier molecular flexibility index (Phi) is 2.75. The zero-order chi connectivity index (χ0) is 13.2. The lowest BCUT2D eigenvalue weighted by Crippen LogP contribution is -2.70. The van der Waals surface area contributed by atoms with Gasteiger partial charge in [-0.15, -0.1) is 0 Å². The van der Waals surface area contributed by atoms with Gasteiger partial charge in [-0.25, -0.2) is 4.39 Å². The molecule has 2 aliphatic rings. The zero-order valence-corrected chi connectivity index (χ0v) is 9.63. The molecule has 2 fully saturated rings. The third-order valence-electron chi connectivity index (χ3n) is 3.44. The maximum atomic E-state index is 13.2. The molecule has 0 aromatic heterocycles. The molecule has 1 aliphatic carbocycles. The van der Waals surface area contributed by atoms with Gasteiger partial charge < -0.3 is 0 Å². The summed E-state index contributed by atoms with van der Waals surface area (Å²) >= 11 is 2.73. The van der Waals surface area contributed by atoms with Gasteiger partial charge in [0.15, 0.2) is 0 Å². The number of halogens is 8. The second-order valence-electron chi connectivity index (χ2n) is 4.28. The summed E-state index contributed by atoms with van der Waals surface area (Å²) in [5.74, 6) is -1.87. The van der Waals surface area contributed by atoms with Gasteiger partial charge in [0, 0.05) is 10.7 Å². The lowest BCUT2D eigenvalue weighted by Gasteiger charge is -2.41. The van der Waals surface area contributed by atoms with Gasteiger partial charge in [0.05, 0.1) is 6.04 Å². The summed E-state index contributed by atoms with van der Waals surface area (Å²) in [7, 11) is 0. The molecule has 1 saturated heterocycles. The first-order valence-electron chi connectivity index (χ1n) is 4.71. The lowest BCUT2D eigenvalue weighted by molar-refractivity contribution is -0.319. The van der Waals surface area contributed by atoms with Crippen LogP contribution in [0.25, 0.3) is 0 Å². The van der Waals surface area contributed by atoms with Crippen LogP contribution in [0.4, 0.5) is 30.7 Å². The predicted octanol–water partition coefficient (Wildman–Crippen LogP) is 2.94. The second-order valence-corrected chi connectivity index (χ2v) is 5.33. The molecule has 0 amide bonds. The molecule has 17 heavy (non-hydrogen) atoms. The largest absolute Gasteiger partial charge is 0.415 e. The zero-order valence-electron chi connectivity index (χ0n) is 8.04. The molecule has 0 aromatic rings. The Labute approximate surface area is 99.9 Å². The fourth-order valence-corrected chi connectivity index (χ4v) is 3.75. The Morgan fingerprint density at radius 3 is 1.76 bits per heavy atom. The monoisotopic (exact) mass is 329 g/mol. The van der Waals surface area contributed by atoms with E-state index < -0.39 is 47.3 Å². The normalized spacial score (nSPS) is 40.9. The van der Waals surface area contributed by atoms with Gasteiger partial charge in [-0.2, -0.15) is 26.3 Å². The van der Waals surface area contributed by atoms with E-state index in [-0.39, 0.29) is 0 Å². The Morgan fingerprint density at radius 2 is 1.53 bits per heavy atom. The maximum Gasteiger partial charge on any atom is 0.415 e. The molecule has 1 nitrogen and oxygen atoms in total. The van der Waals surface area contributed by atoms with E-state index in [0.717, 1.165) is 0 Å². The number of nitrogens with one attached hydrogen (secondary N) is 1. The molecule has 100 valence electrons. The van der Waals surface area contributed by atoms with E-state index in [9.17, 15) is 30.7 Å². The average molecular weight is 330 g/mol. The molecule has 1 N–H and O–H groups in total. The van der Waals surface area contributed by atoms with E-state index in [2.05, 4.69) is 15.9 Å². The first-order chi connectivity index (χ1) is 7.52. The van der Waals surface area contributed by atoms with Crippen LogP contribution < -0.4 is 5.32 Å². The predicted molar refractivity (Wildman–Crippen MR) is 47.5 cm³/mol. The molecule has 0 aromatic carbocycles. The summed E-state index contributed by atoms with van der Waals surface area (Å²) in [6.07, 6.45) is -13.4. The van der Waals surface area contributed by atoms with Crippen LogP contribution in [-0.4, -0.2) is 34.9 Å². The van der Waals surface area contributed by atoms with Gasteiger partial charge in [0.25, 0.3) is 0 Å². The minimum atomic E-state index is -5.50. The molecule has 2 rings (SSSR count). The second kappa shape index (κ2) is 3.49. The van der Waals surface area contributed by atoms with Crippen LogP contribution in [0, 0.1) is 5.92 Å². The molecule has 1 saturated carbocycles. The minimum absolute atomic E-state index is 0.743. The van der Waals surface area contributed by atoms with Gasteiger partial charge in [-0.1, -0.05) is 15.9 Å². The highest BCUT2D eigenvalue weighted by Crippen LogP contribution is 2.59. The number of hydrogen-bond acceptors (Lipinski definition) is 1. The minimum Gasteiger partial charge on any atom is -0.289 e. The van der Waals surface area contributed by atoms with E-state index in [1.807, 2.05) is 0 Å². The summed E-state index contributed by atoms with van der Waals surface area (Å²) in [4.78, 5) is -1.17. The molecular formula is C8H7BrF7N. The van der Waals surface area contributed by atoms with E-state index >= 15 is 0 Å². The first-order valence-corrected chi connectivity index (χ1v) is 5.63. The first kappa shape index (κ1) is 13.4. The summed E-state index contributed by atoms with van der Waals surface area (Å²) in [5, 5.41) is 1.41. The molecule has 0 spiro atoms. The quantitative estimate of drug-likeness (QED) is 0.532. The number of hydrogen-bond donors (Lipinski definition) is 1. The maximum absolute atomic E-state index is 13.2. The molecule has 4 atom stereocenters. The Balaban J connectivity index is 2.48. The summed E-state index contributed by atoms with van der Waals surface area (Å²) in [6, 6.07) is -1.46. The van der Waals surface area contributed by atoms with Gasteiger partial charge in [-0.3, -0.25) is 5.32 Å². The van der Waals surface area contributed by atoms with Gasteiger partial charge in [0.2, 0.25) is 5.54 Å². The average Bonchev–Trinajstić information content (AvgIpc) is 2.53. The van der Waals surface area contributed by atoms with Crippen LogP contribution in [-0.2, 0) is 0 Å². The molecule has 1 heterocycles. The van der Waals surface area contributed by atoms with Crippen LogP contribution in [0.2, 0.25) is 0 Å². The summed E-state index contributed by atoms with van der Waals surface area (Å²) < 4.78 is 89.6. The van der Waals surface area contributed by atoms with Crippen LogP contribution in [0.3, 0.4) is 0 Å². The Morgan fingerprint density at radius 1 is 1.06 bits per heavy atom. The van der Waals surface area contributed by atoms with Gasteiger partial charge >= 0.3 is 12.4 Å². The highest BCUT2D eigenvalue weighted by atomic mass is 79.9. The number of piperidine rings is 1. The van der Waals surface area contributed by atoms with Crippen molar-refractivity contribution in [1.82, 2.24) is 5.32 Å². The third-order valence-corrected chi connectivity index (χ3v) is 4.65. The fourth-order valence-electron chi connectivity index (χ4n) is 2.67. The highest BCUT2D eigenvalue weighted by molar-refractivity contribution is 9.09. The van der Waals surface area contributed by atoms with Crippen LogP contribution in [0.15, 0.2) is 0 Å². The standard InChI is InChI=1S/C8H7BrF7N/c9-4-2-1-3(10)5(4)17-6(2,7(11,12)13)8(14,15)16/h2-5,17H,1H2. The number of fused-ring (bicyclic) bond motifs is 2. The lowest BCUT2D eigenvalue weighted by atomic mass is 9.82. The summed E-state index contributed by atoms with van der Waals surface area (Å²) in [6.45, 7) is 0. The van der Waals surface area contributed by atoms with Crippen molar-refractivity contribution in [2.24, 2.45) is 5.92 Å².